The van der Waals surface area contributed by atoms with Crippen molar-refractivity contribution >= 4 is 0 Å². The number of nitrogens with zero attached hydrogens (tertiary/aromatic N) is 1. The minimum absolute atomic E-state index is 0.302. The lowest BCUT2D eigenvalue weighted by atomic mass is 9.73. The molecule has 0 amide bonds. The van der Waals surface area contributed by atoms with Crippen LogP contribution < -0.4 is 0 Å². The molecule has 0 fully saturated rings. The third-order valence-corrected chi connectivity index (χ3v) is 2.83. The average Bonchev–Trinajstić information content (AvgIpc) is 2.01. The second kappa shape index (κ2) is 2.79. The van der Waals surface area contributed by atoms with Gasteiger partial charge in [-0.25, -0.2) is 0 Å². The van der Waals surface area contributed by atoms with E-state index in [0.29, 0.717) is 5.92 Å². The van der Waals surface area contributed by atoms with Crippen molar-refractivity contribution in [3.05, 3.63) is 23.3 Å². The van der Waals surface area contributed by atoms with Crippen LogP contribution in [-0.2, 0) is 0 Å². The summed E-state index contributed by atoms with van der Waals surface area (Å²) in [5, 5.41) is 9.00. The molecular weight excluding hydrogens is 146 g/mol. The van der Waals surface area contributed by atoms with E-state index < -0.39 is 0 Å². The lowest BCUT2D eigenvalue weighted by Gasteiger charge is -2.28. The number of allylic oxidation sites excluding steroid dienone is 4. The van der Waals surface area contributed by atoms with Crippen molar-refractivity contribution in [1.82, 2.24) is 0 Å². The molecule has 0 spiro atoms. The van der Waals surface area contributed by atoms with Crippen LogP contribution in [0.2, 0.25) is 0 Å². The van der Waals surface area contributed by atoms with E-state index in [1.165, 1.54) is 11.1 Å². The fourth-order valence-corrected chi connectivity index (χ4v) is 1.51. The standard InChI is InChI=1S/C11H15N/c1-8-5-10(3)11(4,7-12)6-9(8)2/h5-6,10H,1-4H3. The lowest BCUT2D eigenvalue weighted by molar-refractivity contribution is 0.425. The van der Waals surface area contributed by atoms with Crippen LogP contribution in [0, 0.1) is 22.7 Å². The first-order chi connectivity index (χ1) is 5.49. The van der Waals surface area contributed by atoms with Crippen molar-refractivity contribution in [2.45, 2.75) is 27.7 Å². The van der Waals surface area contributed by atoms with E-state index in [1.807, 2.05) is 6.92 Å². The van der Waals surface area contributed by atoms with Crippen molar-refractivity contribution in [2.75, 3.05) is 0 Å². The Hall–Kier alpha value is -1.03. The maximum absolute atomic E-state index is 9.00. The molecule has 2 atom stereocenters. The molecule has 0 bridgehead atoms. The topological polar surface area (TPSA) is 23.8 Å². The van der Waals surface area contributed by atoms with E-state index in [0.717, 1.165) is 0 Å². The summed E-state index contributed by atoms with van der Waals surface area (Å²) in [6.45, 7) is 8.24. The van der Waals surface area contributed by atoms with E-state index in [2.05, 4.69) is 39.0 Å². The summed E-state index contributed by atoms with van der Waals surface area (Å²) in [5.74, 6) is 0.325. The molecule has 0 aliphatic heterocycles. The first-order valence-electron chi connectivity index (χ1n) is 4.29. The minimum Gasteiger partial charge on any atom is -0.197 e. The Labute approximate surface area is 74.4 Å². The van der Waals surface area contributed by atoms with Crippen LogP contribution in [0.1, 0.15) is 27.7 Å². The predicted molar refractivity (Wildman–Crippen MR) is 50.4 cm³/mol. The zero-order valence-electron chi connectivity index (χ0n) is 8.18. The molecule has 0 radical (unpaired) electrons. The molecule has 1 aliphatic rings. The van der Waals surface area contributed by atoms with Crippen molar-refractivity contribution in [1.29, 1.82) is 5.26 Å². The fourth-order valence-electron chi connectivity index (χ4n) is 1.51. The first-order valence-corrected chi connectivity index (χ1v) is 4.29. The monoisotopic (exact) mass is 161 g/mol. The molecule has 0 saturated carbocycles. The van der Waals surface area contributed by atoms with Gasteiger partial charge in [0.15, 0.2) is 0 Å². The summed E-state index contributed by atoms with van der Waals surface area (Å²) in [7, 11) is 0. The van der Waals surface area contributed by atoms with Gasteiger partial charge in [0, 0.05) is 0 Å². The number of hydrogen-bond acceptors (Lipinski definition) is 1. The predicted octanol–water partition coefficient (Wildman–Crippen LogP) is 3.06. The third-order valence-electron chi connectivity index (χ3n) is 2.83. The van der Waals surface area contributed by atoms with Crippen molar-refractivity contribution in [2.24, 2.45) is 11.3 Å². The van der Waals surface area contributed by atoms with E-state index in [-0.39, 0.29) is 5.41 Å². The molecule has 0 saturated heterocycles. The van der Waals surface area contributed by atoms with Gasteiger partial charge in [-0.05, 0) is 26.7 Å². The molecule has 0 aromatic carbocycles. The molecule has 2 unspecified atom stereocenters. The van der Waals surface area contributed by atoms with Crippen LogP contribution in [0.15, 0.2) is 23.3 Å². The second-order valence-corrected chi connectivity index (χ2v) is 3.86. The van der Waals surface area contributed by atoms with Crippen LogP contribution >= 0.6 is 0 Å². The van der Waals surface area contributed by atoms with Crippen molar-refractivity contribution in [3.63, 3.8) is 0 Å². The molecule has 0 heterocycles. The smallest absolute Gasteiger partial charge is 0.0791 e. The van der Waals surface area contributed by atoms with Gasteiger partial charge in [0.1, 0.15) is 0 Å². The largest absolute Gasteiger partial charge is 0.197 e. The molecule has 1 aliphatic carbocycles. The van der Waals surface area contributed by atoms with Crippen LogP contribution in [0.25, 0.3) is 0 Å². The maximum Gasteiger partial charge on any atom is 0.0791 e. The highest BCUT2D eigenvalue weighted by Crippen LogP contribution is 2.36. The zero-order chi connectivity index (χ0) is 9.35. The van der Waals surface area contributed by atoms with Gasteiger partial charge < -0.3 is 0 Å². The number of rotatable bonds is 0. The first kappa shape index (κ1) is 9.06. The highest BCUT2D eigenvalue weighted by Gasteiger charge is 2.30. The van der Waals surface area contributed by atoms with Crippen molar-refractivity contribution < 1.29 is 0 Å². The Kier molecular flexibility index (Phi) is 2.10. The van der Waals surface area contributed by atoms with Crippen LogP contribution in [0.4, 0.5) is 0 Å². The molecular formula is C11H15N. The van der Waals surface area contributed by atoms with Crippen LogP contribution in [0.3, 0.4) is 0 Å². The molecule has 1 nitrogen and oxygen atoms in total. The minimum atomic E-state index is -0.302. The van der Waals surface area contributed by atoms with E-state index in [9.17, 15) is 0 Å². The van der Waals surface area contributed by atoms with Gasteiger partial charge in [0.25, 0.3) is 0 Å². The molecule has 12 heavy (non-hydrogen) atoms. The SMILES string of the molecule is CC1=CC(C)C(C)(C#N)C=C1C. The average molecular weight is 161 g/mol. The number of nitriles is 1. The summed E-state index contributed by atoms with van der Waals surface area (Å²) in [5.41, 5.74) is 2.23. The molecule has 1 heteroatoms. The third kappa shape index (κ3) is 1.30. The Balaban J connectivity index is 3.09. The van der Waals surface area contributed by atoms with Gasteiger partial charge in [0.05, 0.1) is 11.5 Å². The Bertz CT molecular complexity index is 291. The molecule has 0 aromatic rings. The van der Waals surface area contributed by atoms with E-state index >= 15 is 0 Å². The Morgan fingerprint density at radius 1 is 1.42 bits per heavy atom. The quantitative estimate of drug-likeness (QED) is 0.535. The normalized spacial score (nSPS) is 35.1. The fraction of sp³-hybridized carbons (Fsp3) is 0.545. The maximum atomic E-state index is 9.00. The molecule has 0 aromatic heterocycles. The van der Waals surface area contributed by atoms with Crippen LogP contribution in [-0.4, -0.2) is 0 Å². The molecule has 64 valence electrons. The zero-order valence-corrected chi connectivity index (χ0v) is 8.18. The summed E-state index contributed by atoms with van der Waals surface area (Å²) in [6, 6.07) is 2.36. The van der Waals surface area contributed by atoms with Gasteiger partial charge in [-0.15, -0.1) is 0 Å². The summed E-state index contributed by atoms with van der Waals surface area (Å²) in [4.78, 5) is 0. The van der Waals surface area contributed by atoms with Gasteiger partial charge in [-0.2, -0.15) is 5.26 Å². The number of hydrogen-bond donors (Lipinski definition) is 0. The van der Waals surface area contributed by atoms with Gasteiger partial charge in [-0.3, -0.25) is 0 Å². The Morgan fingerprint density at radius 2 is 2.00 bits per heavy atom. The van der Waals surface area contributed by atoms with Crippen LogP contribution in [0.5, 0.6) is 0 Å². The van der Waals surface area contributed by atoms with Crippen molar-refractivity contribution in [3.8, 4) is 6.07 Å². The highest BCUT2D eigenvalue weighted by atomic mass is 14.4. The van der Waals surface area contributed by atoms with E-state index in [4.69, 9.17) is 5.26 Å². The summed E-state index contributed by atoms with van der Waals surface area (Å²) in [6.07, 6.45) is 4.26. The Morgan fingerprint density at radius 3 is 2.50 bits per heavy atom. The summed E-state index contributed by atoms with van der Waals surface area (Å²) >= 11 is 0. The van der Waals surface area contributed by atoms with Gasteiger partial charge in [-0.1, -0.05) is 30.2 Å². The molecule has 0 N–H and O–H groups in total. The van der Waals surface area contributed by atoms with Gasteiger partial charge in [0.2, 0.25) is 0 Å². The summed E-state index contributed by atoms with van der Waals surface area (Å²) < 4.78 is 0. The van der Waals surface area contributed by atoms with Gasteiger partial charge >= 0.3 is 0 Å². The molecule has 1 rings (SSSR count). The second-order valence-electron chi connectivity index (χ2n) is 3.86. The van der Waals surface area contributed by atoms with E-state index in [1.54, 1.807) is 0 Å². The highest BCUT2D eigenvalue weighted by molar-refractivity contribution is 5.37. The lowest BCUT2D eigenvalue weighted by Crippen LogP contribution is -2.23.